The Balaban J connectivity index is 2.89. The lowest BCUT2D eigenvalue weighted by Crippen LogP contribution is -2.32. The molecule has 0 aliphatic rings. The zero-order valence-electron chi connectivity index (χ0n) is 6.77. The Labute approximate surface area is 77.5 Å². The molecule has 0 atom stereocenters. The quantitative estimate of drug-likeness (QED) is 0.525. The molecule has 1 aromatic rings. The molecule has 74 valence electrons. The van der Waals surface area contributed by atoms with Crippen LogP contribution in [0.4, 0.5) is 5.69 Å². The van der Waals surface area contributed by atoms with Gasteiger partial charge in [-0.2, -0.15) is 0 Å². The highest BCUT2D eigenvalue weighted by Crippen LogP contribution is 2.13. The number of nitrogens with zero attached hydrogens (tertiary/aromatic N) is 3. The molecule has 8 heteroatoms. The summed E-state index contributed by atoms with van der Waals surface area (Å²) in [5.41, 5.74) is -0.0331. The van der Waals surface area contributed by atoms with E-state index in [4.69, 9.17) is 0 Å². The average molecular weight is 199 g/mol. The molecule has 0 aliphatic carbocycles. The number of hydrogen-bond donors (Lipinski definition) is 0. The molecule has 8 nitrogen and oxygen atoms in total. The SMILES string of the molecule is O=[N+]([O-])ON(c1ccccc1)[N+](=O)[O-]. The standard InChI is InChI=1S/C6H5N3O5/c10-8(11)7(14-9(12)13)6-4-2-1-3-5-6/h1-5H. The monoisotopic (exact) mass is 199 g/mol. The molecule has 0 N–H and O–H groups in total. The van der Waals surface area contributed by atoms with Crippen molar-refractivity contribution in [1.82, 2.24) is 0 Å². The minimum absolute atomic E-state index is 0.0278. The second-order valence-electron chi connectivity index (χ2n) is 2.15. The van der Waals surface area contributed by atoms with Crippen molar-refractivity contribution < 1.29 is 15.1 Å². The molecule has 0 spiro atoms. The van der Waals surface area contributed by atoms with Gasteiger partial charge in [-0.15, -0.1) is 15.1 Å². The van der Waals surface area contributed by atoms with Gasteiger partial charge in [0, 0.05) is 0 Å². The molecule has 0 bridgehead atoms. The lowest BCUT2D eigenvalue weighted by Gasteiger charge is -2.08. The van der Waals surface area contributed by atoms with Crippen LogP contribution in [0.3, 0.4) is 0 Å². The molecule has 0 amide bonds. The van der Waals surface area contributed by atoms with Crippen molar-refractivity contribution >= 4 is 5.69 Å². The van der Waals surface area contributed by atoms with E-state index in [2.05, 4.69) is 4.94 Å². The molecule has 0 heterocycles. The van der Waals surface area contributed by atoms with Crippen LogP contribution in [0.1, 0.15) is 0 Å². The van der Waals surface area contributed by atoms with Gasteiger partial charge in [0.25, 0.3) is 0 Å². The first-order chi connectivity index (χ1) is 6.61. The normalized spacial score (nSPS) is 9.14. The van der Waals surface area contributed by atoms with Crippen LogP contribution < -0.4 is 5.17 Å². The lowest BCUT2D eigenvalue weighted by atomic mass is 10.3. The fourth-order valence-electron chi connectivity index (χ4n) is 0.790. The molecule has 0 saturated carbocycles. The first-order valence-corrected chi connectivity index (χ1v) is 3.43. The third-order valence-electron chi connectivity index (χ3n) is 1.27. The Morgan fingerprint density at radius 1 is 1.14 bits per heavy atom. The van der Waals surface area contributed by atoms with Crippen molar-refractivity contribution in [2.24, 2.45) is 0 Å². The van der Waals surface area contributed by atoms with E-state index in [1.54, 1.807) is 6.07 Å². The van der Waals surface area contributed by atoms with Crippen LogP contribution >= 0.6 is 0 Å². The number of rotatable bonds is 4. The highest BCUT2D eigenvalue weighted by Gasteiger charge is 2.21. The maximum absolute atomic E-state index is 10.3. The van der Waals surface area contributed by atoms with E-state index in [0.717, 1.165) is 0 Å². The summed E-state index contributed by atoms with van der Waals surface area (Å²) >= 11 is 0. The molecule has 0 saturated heterocycles. The second kappa shape index (κ2) is 4.03. The topological polar surface area (TPSA) is 98.8 Å². The number of benzene rings is 1. The van der Waals surface area contributed by atoms with Gasteiger partial charge < -0.3 is 0 Å². The van der Waals surface area contributed by atoms with E-state index < -0.39 is 10.1 Å². The van der Waals surface area contributed by atoms with Gasteiger partial charge in [0.1, 0.15) is 5.69 Å². The summed E-state index contributed by atoms with van der Waals surface area (Å²) < 4.78 is 0. The molecule has 0 radical (unpaired) electrons. The Hall–Kier alpha value is -2.38. The van der Waals surface area contributed by atoms with Crippen LogP contribution in [0.5, 0.6) is 0 Å². The zero-order chi connectivity index (χ0) is 10.6. The number of nitro groups is 1. The van der Waals surface area contributed by atoms with Gasteiger partial charge in [-0.1, -0.05) is 18.2 Å². The maximum atomic E-state index is 10.3. The highest BCUT2D eigenvalue weighted by molar-refractivity contribution is 5.40. The first kappa shape index (κ1) is 9.71. The van der Waals surface area contributed by atoms with Crippen molar-refractivity contribution in [2.75, 3.05) is 5.17 Å². The number of hydrazine groups is 1. The molecule has 0 aliphatic heterocycles. The molecule has 1 aromatic carbocycles. The van der Waals surface area contributed by atoms with Crippen LogP contribution in [0.25, 0.3) is 0 Å². The van der Waals surface area contributed by atoms with E-state index in [0.29, 0.717) is 0 Å². The van der Waals surface area contributed by atoms with Gasteiger partial charge in [0.05, 0.1) is 5.17 Å². The van der Waals surface area contributed by atoms with Gasteiger partial charge in [-0.3, -0.25) is 0 Å². The number of anilines is 1. The van der Waals surface area contributed by atoms with E-state index in [1.807, 2.05) is 0 Å². The van der Waals surface area contributed by atoms with Crippen molar-refractivity contribution in [3.63, 3.8) is 0 Å². The summed E-state index contributed by atoms with van der Waals surface area (Å²) in [6, 6.07) is 7.23. The third kappa shape index (κ3) is 2.30. The van der Waals surface area contributed by atoms with Crippen molar-refractivity contribution in [1.29, 1.82) is 0 Å². The predicted molar refractivity (Wildman–Crippen MR) is 44.0 cm³/mol. The summed E-state index contributed by atoms with van der Waals surface area (Å²) in [4.78, 5) is 24.0. The maximum Gasteiger partial charge on any atom is 0.321 e. The Morgan fingerprint density at radius 2 is 1.71 bits per heavy atom. The van der Waals surface area contributed by atoms with Crippen LogP contribution in [-0.2, 0) is 4.94 Å². The van der Waals surface area contributed by atoms with Gasteiger partial charge >= 0.3 is 5.09 Å². The number of para-hydroxylation sites is 1. The summed E-state index contributed by atoms with van der Waals surface area (Å²) in [6.07, 6.45) is 0. The molecule has 0 aromatic heterocycles. The van der Waals surface area contributed by atoms with Crippen LogP contribution in [0.2, 0.25) is 0 Å². The largest absolute Gasteiger partial charge is 0.321 e. The van der Waals surface area contributed by atoms with Gasteiger partial charge in [0.15, 0.2) is 5.03 Å². The van der Waals surface area contributed by atoms with E-state index >= 15 is 0 Å². The van der Waals surface area contributed by atoms with Crippen LogP contribution in [0.15, 0.2) is 30.3 Å². The molecule has 1 rings (SSSR count). The minimum Gasteiger partial charge on any atom is -0.233 e. The van der Waals surface area contributed by atoms with E-state index in [-0.39, 0.29) is 10.9 Å². The van der Waals surface area contributed by atoms with Crippen molar-refractivity contribution in [3.8, 4) is 0 Å². The minimum atomic E-state index is -1.25. The summed E-state index contributed by atoms with van der Waals surface area (Å²) in [7, 11) is 0. The summed E-state index contributed by atoms with van der Waals surface area (Å²) in [5, 5.41) is 18.0. The molecule has 0 fully saturated rings. The van der Waals surface area contributed by atoms with Gasteiger partial charge in [0.2, 0.25) is 0 Å². The fourth-order valence-corrected chi connectivity index (χ4v) is 0.790. The third-order valence-corrected chi connectivity index (χ3v) is 1.27. The van der Waals surface area contributed by atoms with Crippen LogP contribution in [-0.4, -0.2) is 10.1 Å². The molecular formula is C6H5N3O5. The molecule has 0 unspecified atom stereocenters. The zero-order valence-corrected chi connectivity index (χ0v) is 6.77. The Bertz CT molecular complexity index is 341. The van der Waals surface area contributed by atoms with E-state index in [1.165, 1.54) is 24.3 Å². The Morgan fingerprint density at radius 3 is 2.14 bits per heavy atom. The summed E-state index contributed by atoms with van der Waals surface area (Å²) in [5.74, 6) is 0. The van der Waals surface area contributed by atoms with Gasteiger partial charge in [-0.25, -0.2) is 10.1 Å². The van der Waals surface area contributed by atoms with E-state index in [9.17, 15) is 20.2 Å². The second-order valence-corrected chi connectivity index (χ2v) is 2.15. The molecular weight excluding hydrogens is 194 g/mol. The summed E-state index contributed by atoms with van der Waals surface area (Å²) in [6.45, 7) is 0. The van der Waals surface area contributed by atoms with Crippen molar-refractivity contribution in [3.05, 3.63) is 50.6 Å². The molecule has 14 heavy (non-hydrogen) atoms. The van der Waals surface area contributed by atoms with Gasteiger partial charge in [-0.05, 0) is 12.1 Å². The first-order valence-electron chi connectivity index (χ1n) is 3.43. The fraction of sp³-hybridized carbons (Fsp3) is 0. The van der Waals surface area contributed by atoms with Crippen molar-refractivity contribution in [2.45, 2.75) is 0 Å². The lowest BCUT2D eigenvalue weighted by molar-refractivity contribution is -0.812. The number of hydrogen-bond acceptors (Lipinski definition) is 5. The predicted octanol–water partition coefficient (Wildman–Crippen LogP) is 0.808. The highest BCUT2D eigenvalue weighted by atomic mass is 17.1. The van der Waals surface area contributed by atoms with Crippen LogP contribution in [0, 0.1) is 20.2 Å². The smallest absolute Gasteiger partial charge is 0.233 e. The average Bonchev–Trinajstić information content (AvgIpc) is 2.15. The Kier molecular flexibility index (Phi) is 2.79.